The molecule has 19 heavy (non-hydrogen) atoms. The van der Waals surface area contributed by atoms with E-state index in [-0.39, 0.29) is 6.03 Å². The number of aliphatic carboxylic acids is 1. The van der Waals surface area contributed by atoms with Crippen LogP contribution in [-0.4, -0.2) is 58.2 Å². The third kappa shape index (κ3) is 3.55. The van der Waals surface area contributed by atoms with Gasteiger partial charge in [-0.2, -0.15) is 0 Å². The van der Waals surface area contributed by atoms with Crippen molar-refractivity contribution in [3.8, 4) is 0 Å². The fraction of sp³-hybridized carbons (Fsp3) is 0.846. The molecule has 1 N–H and O–H groups in total. The molecule has 2 rings (SSSR count). The third-order valence-electron chi connectivity index (χ3n) is 4.00. The average molecular weight is 286 g/mol. The summed E-state index contributed by atoms with van der Waals surface area (Å²) >= 11 is 1.51. The lowest BCUT2D eigenvalue weighted by Gasteiger charge is -2.31. The van der Waals surface area contributed by atoms with E-state index in [1.54, 1.807) is 11.9 Å². The highest BCUT2D eigenvalue weighted by Gasteiger charge is 2.36. The summed E-state index contributed by atoms with van der Waals surface area (Å²) in [7, 11) is 1.79. The lowest BCUT2D eigenvalue weighted by atomic mass is 9.89. The number of hydrogen-bond acceptors (Lipinski definition) is 3. The molecule has 0 unspecified atom stereocenters. The molecule has 0 aromatic carbocycles. The van der Waals surface area contributed by atoms with Gasteiger partial charge in [-0.3, -0.25) is 0 Å². The highest BCUT2D eigenvalue weighted by atomic mass is 32.2. The molecular formula is C13H22N2O3S. The fourth-order valence-electron chi connectivity index (χ4n) is 2.89. The molecule has 1 saturated carbocycles. The maximum absolute atomic E-state index is 12.3. The van der Waals surface area contributed by atoms with Gasteiger partial charge in [-0.25, -0.2) is 9.59 Å². The first-order valence-electron chi connectivity index (χ1n) is 6.92. The van der Waals surface area contributed by atoms with Gasteiger partial charge in [0.25, 0.3) is 0 Å². The Morgan fingerprint density at radius 1 is 1.32 bits per heavy atom. The highest BCUT2D eigenvalue weighted by molar-refractivity contribution is 7.99. The second-order valence-corrected chi connectivity index (χ2v) is 6.49. The van der Waals surface area contributed by atoms with Crippen LogP contribution in [0.1, 0.15) is 32.1 Å². The van der Waals surface area contributed by atoms with Gasteiger partial charge in [0, 0.05) is 19.3 Å². The molecule has 1 aliphatic carbocycles. The zero-order chi connectivity index (χ0) is 13.8. The Bertz CT molecular complexity index is 345. The molecule has 1 aliphatic heterocycles. The van der Waals surface area contributed by atoms with E-state index < -0.39 is 12.0 Å². The van der Waals surface area contributed by atoms with Crippen LogP contribution in [0.4, 0.5) is 4.79 Å². The Balaban J connectivity index is 1.89. The number of carboxylic acid groups (broad SMARTS) is 1. The summed E-state index contributed by atoms with van der Waals surface area (Å²) in [6, 6.07) is -0.797. The van der Waals surface area contributed by atoms with Crippen molar-refractivity contribution >= 4 is 23.8 Å². The third-order valence-corrected chi connectivity index (χ3v) is 5.01. The number of carbonyl (C=O) groups is 2. The van der Waals surface area contributed by atoms with Crippen molar-refractivity contribution in [1.82, 2.24) is 9.80 Å². The van der Waals surface area contributed by atoms with Crippen molar-refractivity contribution < 1.29 is 14.7 Å². The van der Waals surface area contributed by atoms with Gasteiger partial charge in [-0.1, -0.05) is 19.3 Å². The van der Waals surface area contributed by atoms with Crippen LogP contribution >= 0.6 is 11.8 Å². The molecule has 1 heterocycles. The van der Waals surface area contributed by atoms with Crippen molar-refractivity contribution in [3.63, 3.8) is 0 Å². The number of carbonyl (C=O) groups excluding carboxylic acids is 1. The number of amides is 2. The first kappa shape index (κ1) is 14.5. The van der Waals surface area contributed by atoms with E-state index in [1.165, 1.54) is 48.8 Å². The van der Waals surface area contributed by atoms with Crippen LogP contribution in [-0.2, 0) is 4.79 Å². The van der Waals surface area contributed by atoms with E-state index in [2.05, 4.69) is 0 Å². The molecule has 108 valence electrons. The molecule has 5 nitrogen and oxygen atoms in total. The molecule has 0 aromatic rings. The molecule has 2 fully saturated rings. The molecule has 6 heteroatoms. The van der Waals surface area contributed by atoms with Gasteiger partial charge < -0.3 is 14.9 Å². The van der Waals surface area contributed by atoms with Crippen LogP contribution in [0.2, 0.25) is 0 Å². The van der Waals surface area contributed by atoms with Gasteiger partial charge in [-0.15, -0.1) is 11.8 Å². The van der Waals surface area contributed by atoms with Gasteiger partial charge in [0.05, 0.1) is 5.88 Å². The summed E-state index contributed by atoms with van der Waals surface area (Å²) in [6.45, 7) is 0.756. The molecular weight excluding hydrogens is 264 g/mol. The second-order valence-electron chi connectivity index (χ2n) is 5.49. The summed E-state index contributed by atoms with van der Waals surface area (Å²) in [6.07, 6.45) is 6.19. The minimum absolute atomic E-state index is 0.136. The molecule has 1 atom stereocenters. The van der Waals surface area contributed by atoms with E-state index in [0.29, 0.717) is 17.5 Å². The van der Waals surface area contributed by atoms with E-state index in [0.717, 1.165) is 6.54 Å². The number of thioether (sulfide) groups is 1. The van der Waals surface area contributed by atoms with Gasteiger partial charge >= 0.3 is 12.0 Å². The summed E-state index contributed by atoms with van der Waals surface area (Å²) in [5.41, 5.74) is 0. The second kappa shape index (κ2) is 6.50. The Hall–Kier alpha value is -0.910. The minimum Gasteiger partial charge on any atom is -0.480 e. The first-order valence-corrected chi connectivity index (χ1v) is 8.07. The van der Waals surface area contributed by atoms with E-state index in [4.69, 9.17) is 5.11 Å². The highest BCUT2D eigenvalue weighted by Crippen LogP contribution is 2.26. The van der Waals surface area contributed by atoms with Crippen molar-refractivity contribution in [2.24, 2.45) is 5.92 Å². The largest absolute Gasteiger partial charge is 0.480 e. The number of urea groups is 1. The number of rotatable bonds is 3. The number of nitrogens with zero attached hydrogens (tertiary/aromatic N) is 2. The number of carboxylic acids is 1. The van der Waals surface area contributed by atoms with E-state index >= 15 is 0 Å². The quantitative estimate of drug-likeness (QED) is 0.863. The normalized spacial score (nSPS) is 24.5. The van der Waals surface area contributed by atoms with E-state index in [9.17, 15) is 9.59 Å². The average Bonchev–Trinajstić information content (AvgIpc) is 2.88. The zero-order valence-electron chi connectivity index (χ0n) is 11.4. The maximum atomic E-state index is 12.3. The van der Waals surface area contributed by atoms with Crippen LogP contribution in [0, 0.1) is 5.92 Å². The topological polar surface area (TPSA) is 60.9 Å². The predicted molar refractivity (Wildman–Crippen MR) is 75.2 cm³/mol. The van der Waals surface area contributed by atoms with Crippen LogP contribution in [0.25, 0.3) is 0 Å². The lowest BCUT2D eigenvalue weighted by molar-refractivity contribution is -0.140. The molecule has 1 saturated heterocycles. The van der Waals surface area contributed by atoms with Gasteiger partial charge in [0.1, 0.15) is 6.04 Å². The SMILES string of the molecule is CN(CC1CCCCC1)C(=O)N1CSC[C@H]1C(=O)O. The molecule has 2 aliphatic rings. The minimum atomic E-state index is -0.899. The Morgan fingerprint density at radius 2 is 2.00 bits per heavy atom. The van der Waals surface area contributed by atoms with Crippen LogP contribution < -0.4 is 0 Å². The summed E-state index contributed by atoms with van der Waals surface area (Å²) in [5, 5.41) is 9.11. The molecule has 0 spiro atoms. The predicted octanol–water partition coefficient (Wildman–Crippen LogP) is 2.08. The van der Waals surface area contributed by atoms with Crippen molar-refractivity contribution in [1.29, 1.82) is 0 Å². The fourth-order valence-corrected chi connectivity index (χ4v) is 4.03. The first-order chi connectivity index (χ1) is 9.09. The van der Waals surface area contributed by atoms with Crippen LogP contribution in [0.3, 0.4) is 0 Å². The summed E-state index contributed by atoms with van der Waals surface area (Å²) in [5.74, 6) is 0.675. The van der Waals surface area contributed by atoms with Gasteiger partial charge in [-0.05, 0) is 18.8 Å². The van der Waals surface area contributed by atoms with Crippen molar-refractivity contribution in [3.05, 3.63) is 0 Å². The Labute approximate surface area is 118 Å². The van der Waals surface area contributed by atoms with Crippen molar-refractivity contribution in [2.45, 2.75) is 38.1 Å². The maximum Gasteiger partial charge on any atom is 0.327 e. The van der Waals surface area contributed by atoms with Crippen molar-refractivity contribution in [2.75, 3.05) is 25.2 Å². The van der Waals surface area contributed by atoms with Gasteiger partial charge in [0.2, 0.25) is 0 Å². The lowest BCUT2D eigenvalue weighted by Crippen LogP contribution is -2.48. The molecule has 0 aromatic heterocycles. The number of hydrogen-bond donors (Lipinski definition) is 1. The van der Waals surface area contributed by atoms with E-state index in [1.807, 2.05) is 0 Å². The molecule has 2 amide bonds. The smallest absolute Gasteiger partial charge is 0.327 e. The Kier molecular flexibility index (Phi) is 4.96. The summed E-state index contributed by atoms with van der Waals surface area (Å²) in [4.78, 5) is 26.6. The zero-order valence-corrected chi connectivity index (χ0v) is 12.2. The van der Waals surface area contributed by atoms with Crippen LogP contribution in [0.15, 0.2) is 0 Å². The molecule has 0 radical (unpaired) electrons. The standard InChI is InChI=1S/C13H22N2O3S/c1-14(7-10-5-3-2-4-6-10)13(18)15-9-19-8-11(15)12(16)17/h10-11H,2-9H2,1H3,(H,16,17)/t11-/m0/s1. The Morgan fingerprint density at radius 3 is 2.63 bits per heavy atom. The molecule has 0 bridgehead atoms. The van der Waals surface area contributed by atoms with Gasteiger partial charge in [0.15, 0.2) is 0 Å². The van der Waals surface area contributed by atoms with Crippen LogP contribution in [0.5, 0.6) is 0 Å². The monoisotopic (exact) mass is 286 g/mol. The summed E-state index contributed by atoms with van der Waals surface area (Å²) < 4.78 is 0.